The molecule has 0 amide bonds. The molecule has 0 N–H and O–H groups in total. The standard InChI is InChI=1S/C44H25ClS/c45-26-21-22-29-30-23-24-40-41(31-13-3-10-20-39(31)46-40)42(30)44(38(29)25-26)36-18-8-6-16-34(36)43(35-17-7-9-19-37(35)44)32-14-4-1-11-27(32)28-12-2-5-15-33(28)43/h1-25H. The van der Waals surface area contributed by atoms with E-state index in [1.54, 1.807) is 0 Å². The van der Waals surface area contributed by atoms with Crippen molar-refractivity contribution in [2.24, 2.45) is 0 Å². The molecule has 3 aliphatic carbocycles. The molecule has 0 atom stereocenters. The van der Waals surface area contributed by atoms with E-state index in [1.165, 1.54) is 86.9 Å². The van der Waals surface area contributed by atoms with Gasteiger partial charge in [0.2, 0.25) is 0 Å². The first-order chi connectivity index (χ1) is 22.7. The van der Waals surface area contributed by atoms with Crippen LogP contribution in [0.2, 0.25) is 5.02 Å². The minimum absolute atomic E-state index is 0.447. The van der Waals surface area contributed by atoms with Crippen LogP contribution in [-0.2, 0) is 10.8 Å². The summed E-state index contributed by atoms with van der Waals surface area (Å²) in [5.41, 5.74) is 14.9. The monoisotopic (exact) mass is 620 g/mol. The molecule has 1 heterocycles. The lowest BCUT2D eigenvalue weighted by Crippen LogP contribution is -2.43. The van der Waals surface area contributed by atoms with Gasteiger partial charge < -0.3 is 0 Å². The largest absolute Gasteiger partial charge is 0.135 e. The highest BCUT2D eigenvalue weighted by Crippen LogP contribution is 2.68. The topological polar surface area (TPSA) is 0 Å². The molecule has 0 radical (unpaired) electrons. The number of hydrogen-bond donors (Lipinski definition) is 0. The zero-order chi connectivity index (χ0) is 30.2. The fraction of sp³-hybridized carbons (Fsp3) is 0.0455. The van der Waals surface area contributed by atoms with E-state index in [2.05, 4.69) is 152 Å². The molecule has 3 aliphatic rings. The van der Waals surface area contributed by atoms with E-state index in [4.69, 9.17) is 11.6 Å². The van der Waals surface area contributed by atoms with Crippen molar-refractivity contribution in [2.75, 3.05) is 0 Å². The zero-order valence-electron chi connectivity index (χ0n) is 24.7. The van der Waals surface area contributed by atoms with Gasteiger partial charge in [-0.05, 0) is 91.0 Å². The summed E-state index contributed by atoms with van der Waals surface area (Å²) in [6.07, 6.45) is 0. The Hall–Kier alpha value is -4.95. The summed E-state index contributed by atoms with van der Waals surface area (Å²) in [6.45, 7) is 0. The molecule has 1 aromatic heterocycles. The van der Waals surface area contributed by atoms with Crippen LogP contribution in [-0.4, -0.2) is 0 Å². The summed E-state index contributed by atoms with van der Waals surface area (Å²) < 4.78 is 2.65. The fourth-order valence-electron chi connectivity index (χ4n) is 9.57. The van der Waals surface area contributed by atoms with Crippen LogP contribution in [0.3, 0.4) is 0 Å². The van der Waals surface area contributed by atoms with Gasteiger partial charge in [-0.3, -0.25) is 0 Å². The van der Waals surface area contributed by atoms with E-state index >= 15 is 0 Å². The summed E-state index contributed by atoms with van der Waals surface area (Å²) in [4.78, 5) is 0. The van der Waals surface area contributed by atoms with Gasteiger partial charge in [-0.15, -0.1) is 11.3 Å². The number of thiophene rings is 1. The van der Waals surface area contributed by atoms with Gasteiger partial charge >= 0.3 is 0 Å². The van der Waals surface area contributed by atoms with E-state index in [0.717, 1.165) is 5.02 Å². The Balaban J connectivity index is 1.41. The summed E-state index contributed by atoms with van der Waals surface area (Å²) in [5, 5.41) is 3.45. The predicted octanol–water partition coefficient (Wildman–Crippen LogP) is 11.7. The molecule has 0 nitrogen and oxygen atoms in total. The van der Waals surface area contributed by atoms with Crippen molar-refractivity contribution in [3.63, 3.8) is 0 Å². The Morgan fingerprint density at radius 3 is 1.54 bits per heavy atom. The number of rotatable bonds is 0. The first-order valence-electron chi connectivity index (χ1n) is 15.9. The van der Waals surface area contributed by atoms with Crippen molar-refractivity contribution in [1.29, 1.82) is 0 Å². The van der Waals surface area contributed by atoms with Crippen molar-refractivity contribution in [1.82, 2.24) is 0 Å². The minimum Gasteiger partial charge on any atom is -0.135 e. The number of hydrogen-bond acceptors (Lipinski definition) is 1. The van der Waals surface area contributed by atoms with Crippen molar-refractivity contribution >= 4 is 43.1 Å². The molecule has 11 rings (SSSR count). The average Bonchev–Trinajstić information content (AvgIpc) is 3.73. The predicted molar refractivity (Wildman–Crippen MR) is 193 cm³/mol. The Labute approximate surface area is 276 Å². The molecule has 0 saturated carbocycles. The second kappa shape index (κ2) is 8.65. The van der Waals surface area contributed by atoms with Crippen LogP contribution in [0.5, 0.6) is 0 Å². The molecule has 214 valence electrons. The Morgan fingerprint density at radius 1 is 0.391 bits per heavy atom. The van der Waals surface area contributed by atoms with E-state index < -0.39 is 10.8 Å². The molecule has 0 bridgehead atoms. The van der Waals surface area contributed by atoms with Crippen LogP contribution in [0.15, 0.2) is 152 Å². The fourth-order valence-corrected chi connectivity index (χ4v) is 10.9. The van der Waals surface area contributed by atoms with E-state index in [-0.39, 0.29) is 0 Å². The van der Waals surface area contributed by atoms with Crippen LogP contribution in [0.4, 0.5) is 0 Å². The highest BCUT2D eigenvalue weighted by Gasteiger charge is 2.59. The van der Waals surface area contributed by atoms with Gasteiger partial charge in [0.25, 0.3) is 0 Å². The summed E-state index contributed by atoms with van der Waals surface area (Å²) in [6, 6.07) is 56.9. The highest BCUT2D eigenvalue weighted by atomic mass is 35.5. The average molecular weight is 621 g/mol. The lowest BCUT2D eigenvalue weighted by atomic mass is 9.52. The molecule has 46 heavy (non-hydrogen) atoms. The van der Waals surface area contributed by atoms with Crippen molar-refractivity contribution in [3.05, 3.63) is 201 Å². The van der Waals surface area contributed by atoms with Crippen molar-refractivity contribution in [2.45, 2.75) is 10.8 Å². The lowest BCUT2D eigenvalue weighted by molar-refractivity contribution is 0.635. The third-order valence-electron chi connectivity index (χ3n) is 11.0. The van der Waals surface area contributed by atoms with Crippen molar-refractivity contribution < 1.29 is 0 Å². The molecule has 0 fully saturated rings. The van der Waals surface area contributed by atoms with Gasteiger partial charge in [-0.2, -0.15) is 0 Å². The van der Waals surface area contributed by atoms with Crippen LogP contribution in [0, 0.1) is 0 Å². The van der Waals surface area contributed by atoms with Crippen molar-refractivity contribution in [3.8, 4) is 22.3 Å². The van der Waals surface area contributed by atoms with Crippen LogP contribution < -0.4 is 0 Å². The first kappa shape index (κ1) is 25.3. The van der Waals surface area contributed by atoms with Crippen LogP contribution in [0.25, 0.3) is 42.4 Å². The first-order valence-corrected chi connectivity index (χ1v) is 17.1. The van der Waals surface area contributed by atoms with E-state index in [0.29, 0.717) is 0 Å². The zero-order valence-corrected chi connectivity index (χ0v) is 26.3. The van der Waals surface area contributed by atoms with Gasteiger partial charge in [0, 0.05) is 25.2 Å². The summed E-state index contributed by atoms with van der Waals surface area (Å²) >= 11 is 8.87. The maximum atomic E-state index is 6.97. The smallest absolute Gasteiger partial charge is 0.0727 e. The Bertz CT molecular complexity index is 2530. The summed E-state index contributed by atoms with van der Waals surface area (Å²) in [7, 11) is 0. The van der Waals surface area contributed by atoms with Crippen LogP contribution in [0.1, 0.15) is 44.5 Å². The summed E-state index contributed by atoms with van der Waals surface area (Å²) in [5.74, 6) is 0. The molecule has 0 aliphatic heterocycles. The molecule has 8 aromatic rings. The number of fused-ring (bicyclic) bond motifs is 20. The number of benzene rings is 7. The highest BCUT2D eigenvalue weighted by molar-refractivity contribution is 7.25. The lowest BCUT2D eigenvalue weighted by Gasteiger charge is -2.49. The normalized spacial score (nSPS) is 15.4. The third-order valence-corrected chi connectivity index (χ3v) is 12.4. The number of halogens is 1. The Kier molecular flexibility index (Phi) is 4.75. The van der Waals surface area contributed by atoms with Gasteiger partial charge in [-0.25, -0.2) is 0 Å². The maximum absolute atomic E-state index is 6.97. The molecule has 7 aromatic carbocycles. The van der Waals surface area contributed by atoms with Gasteiger partial charge in [0.1, 0.15) is 0 Å². The molecular weight excluding hydrogens is 596 g/mol. The Morgan fingerprint density at radius 2 is 0.891 bits per heavy atom. The van der Waals surface area contributed by atoms with Gasteiger partial charge in [-0.1, -0.05) is 139 Å². The molecule has 2 spiro atoms. The SMILES string of the molecule is Clc1ccc2c(c1)C1(c3ccccc3C3(c4ccccc4-c4ccccc43)c3ccccc31)c1c-2ccc2sc3ccccc3c12. The van der Waals surface area contributed by atoms with Gasteiger partial charge in [0.15, 0.2) is 0 Å². The van der Waals surface area contributed by atoms with Crippen LogP contribution >= 0.6 is 22.9 Å². The second-order valence-electron chi connectivity index (χ2n) is 12.8. The van der Waals surface area contributed by atoms with E-state index in [9.17, 15) is 0 Å². The quantitative estimate of drug-likeness (QED) is 0.158. The molecule has 2 heteroatoms. The van der Waals surface area contributed by atoms with E-state index in [1.807, 2.05) is 11.3 Å². The third kappa shape index (κ3) is 2.72. The molecule has 0 saturated heterocycles. The second-order valence-corrected chi connectivity index (χ2v) is 14.4. The molecular formula is C44H25ClS. The maximum Gasteiger partial charge on any atom is 0.0727 e. The van der Waals surface area contributed by atoms with Gasteiger partial charge in [0.05, 0.1) is 10.8 Å². The molecule has 0 unspecified atom stereocenters. The minimum atomic E-state index is -0.552.